The molecule has 4 nitrogen and oxygen atoms in total. The highest BCUT2D eigenvalue weighted by atomic mass is 15.7. The highest BCUT2D eigenvalue weighted by molar-refractivity contribution is 4.94. The minimum atomic E-state index is 0.641. The molecular formula is C3H8N4. The van der Waals surface area contributed by atoms with Gasteiger partial charge in [-0.3, -0.25) is 10.4 Å². The van der Waals surface area contributed by atoms with Crippen LogP contribution >= 0.6 is 0 Å². The first-order chi connectivity index (χ1) is 3.29. The predicted molar refractivity (Wildman–Crippen MR) is 26.3 cm³/mol. The van der Waals surface area contributed by atoms with Gasteiger partial charge in [-0.25, -0.2) is 0 Å². The number of hydrogen-bond acceptors (Lipinski definition) is 4. The lowest BCUT2D eigenvalue weighted by Gasteiger charge is -2.04. The van der Waals surface area contributed by atoms with Gasteiger partial charge in [0.05, 0.1) is 6.20 Å². The maximum atomic E-state index is 5.27. The van der Waals surface area contributed by atoms with Crippen molar-refractivity contribution < 1.29 is 0 Å². The van der Waals surface area contributed by atoms with Crippen molar-refractivity contribution in [2.24, 2.45) is 5.73 Å². The van der Waals surface area contributed by atoms with Gasteiger partial charge in [-0.15, -0.1) is 5.53 Å². The Kier molecular flexibility index (Phi) is 0.796. The van der Waals surface area contributed by atoms with Gasteiger partial charge < -0.3 is 5.73 Å². The van der Waals surface area contributed by atoms with Gasteiger partial charge in [-0.05, 0) is 0 Å². The Bertz CT molecular complexity index is 97.1. The Balaban J connectivity index is 2.50. The molecule has 0 aliphatic carbocycles. The Morgan fingerprint density at radius 2 is 2.57 bits per heavy atom. The first-order valence-corrected chi connectivity index (χ1v) is 2.01. The standard InChI is InChI=1S/C3H8N4/c1-7-2-3(4)5-6-7/h2,5-6H,4H2,1H3. The molecule has 40 valence electrons. The van der Waals surface area contributed by atoms with E-state index in [0.717, 1.165) is 0 Å². The molecule has 0 unspecified atom stereocenters. The molecule has 1 heterocycles. The van der Waals surface area contributed by atoms with Crippen LogP contribution in [0.3, 0.4) is 0 Å². The molecule has 1 aliphatic heterocycles. The van der Waals surface area contributed by atoms with Crippen LogP contribution in [0.1, 0.15) is 0 Å². The van der Waals surface area contributed by atoms with Gasteiger partial charge in [-0.1, -0.05) is 0 Å². The molecule has 0 amide bonds. The van der Waals surface area contributed by atoms with E-state index < -0.39 is 0 Å². The van der Waals surface area contributed by atoms with Crippen molar-refractivity contribution in [1.29, 1.82) is 0 Å². The predicted octanol–water partition coefficient (Wildman–Crippen LogP) is -1.30. The molecule has 1 rings (SSSR count). The summed E-state index contributed by atoms with van der Waals surface area (Å²) in [6, 6.07) is 0. The van der Waals surface area contributed by atoms with Crippen molar-refractivity contribution in [2.75, 3.05) is 7.05 Å². The molecule has 7 heavy (non-hydrogen) atoms. The Morgan fingerprint density at radius 3 is 2.71 bits per heavy atom. The molecule has 0 saturated heterocycles. The zero-order valence-electron chi connectivity index (χ0n) is 4.10. The van der Waals surface area contributed by atoms with Crippen molar-refractivity contribution in [3.05, 3.63) is 12.0 Å². The first-order valence-electron chi connectivity index (χ1n) is 2.01. The number of nitrogens with zero attached hydrogens (tertiary/aromatic N) is 1. The number of nitrogens with two attached hydrogens (primary N) is 1. The Hall–Kier alpha value is -0.900. The Labute approximate surface area is 41.9 Å². The lowest BCUT2D eigenvalue weighted by Crippen LogP contribution is -2.34. The van der Waals surface area contributed by atoms with Crippen molar-refractivity contribution in [1.82, 2.24) is 16.0 Å². The van der Waals surface area contributed by atoms with E-state index >= 15 is 0 Å². The molecular weight excluding hydrogens is 92.1 g/mol. The van der Waals surface area contributed by atoms with E-state index in [4.69, 9.17) is 5.73 Å². The molecule has 0 fully saturated rings. The third-order valence-corrected chi connectivity index (χ3v) is 0.709. The van der Waals surface area contributed by atoms with Gasteiger partial charge in [0.2, 0.25) is 0 Å². The summed E-state index contributed by atoms with van der Waals surface area (Å²) in [6.07, 6.45) is 1.75. The number of rotatable bonds is 0. The fraction of sp³-hybridized carbons (Fsp3) is 0.333. The van der Waals surface area contributed by atoms with Crippen LogP contribution in [0.2, 0.25) is 0 Å². The molecule has 1 aliphatic rings. The molecule has 0 aromatic heterocycles. The van der Waals surface area contributed by atoms with Gasteiger partial charge in [0, 0.05) is 7.05 Å². The molecule has 0 saturated carbocycles. The van der Waals surface area contributed by atoms with Gasteiger partial charge >= 0.3 is 0 Å². The van der Waals surface area contributed by atoms with Gasteiger partial charge in [0.1, 0.15) is 5.82 Å². The van der Waals surface area contributed by atoms with Crippen LogP contribution in [-0.2, 0) is 0 Å². The molecule has 0 spiro atoms. The summed E-state index contributed by atoms with van der Waals surface area (Å²) < 4.78 is 0. The number of hydrogen-bond donors (Lipinski definition) is 3. The van der Waals surface area contributed by atoms with E-state index in [9.17, 15) is 0 Å². The quantitative estimate of drug-likeness (QED) is 0.354. The highest BCUT2D eigenvalue weighted by Gasteiger charge is 1.98. The van der Waals surface area contributed by atoms with Crippen LogP contribution < -0.4 is 16.7 Å². The SMILES string of the molecule is CN1C=C(N)NN1. The summed E-state index contributed by atoms with van der Waals surface area (Å²) in [5.74, 6) is 0.641. The molecule has 0 bridgehead atoms. The van der Waals surface area contributed by atoms with Gasteiger partial charge in [-0.2, -0.15) is 0 Å². The van der Waals surface area contributed by atoms with Crippen LogP contribution in [0, 0.1) is 0 Å². The van der Waals surface area contributed by atoms with Crippen molar-refractivity contribution in [3.63, 3.8) is 0 Å². The summed E-state index contributed by atoms with van der Waals surface area (Å²) in [4.78, 5) is 0. The lowest BCUT2D eigenvalue weighted by atomic mass is 10.8. The first kappa shape index (κ1) is 4.26. The smallest absolute Gasteiger partial charge is 0.130 e. The second-order valence-electron chi connectivity index (χ2n) is 1.43. The van der Waals surface area contributed by atoms with Crippen molar-refractivity contribution >= 4 is 0 Å². The van der Waals surface area contributed by atoms with E-state index in [2.05, 4.69) is 11.0 Å². The summed E-state index contributed by atoms with van der Waals surface area (Å²) in [5.41, 5.74) is 10.7. The van der Waals surface area contributed by atoms with Crippen molar-refractivity contribution in [3.8, 4) is 0 Å². The number of nitrogens with one attached hydrogen (secondary N) is 2. The van der Waals surface area contributed by atoms with E-state index in [1.165, 1.54) is 0 Å². The van der Waals surface area contributed by atoms with Crippen LogP contribution in [0.25, 0.3) is 0 Å². The summed E-state index contributed by atoms with van der Waals surface area (Å²) >= 11 is 0. The van der Waals surface area contributed by atoms with E-state index in [1.807, 2.05) is 7.05 Å². The fourth-order valence-electron chi connectivity index (χ4n) is 0.426. The molecule has 0 aromatic rings. The van der Waals surface area contributed by atoms with E-state index in [-0.39, 0.29) is 0 Å². The maximum absolute atomic E-state index is 5.27. The Morgan fingerprint density at radius 1 is 1.86 bits per heavy atom. The third kappa shape index (κ3) is 0.747. The average Bonchev–Trinajstić information content (AvgIpc) is 1.87. The lowest BCUT2D eigenvalue weighted by molar-refractivity contribution is 0.327. The van der Waals surface area contributed by atoms with Crippen molar-refractivity contribution in [2.45, 2.75) is 0 Å². The zero-order chi connectivity index (χ0) is 5.28. The second kappa shape index (κ2) is 1.31. The topological polar surface area (TPSA) is 53.3 Å². The summed E-state index contributed by atoms with van der Waals surface area (Å²) in [6.45, 7) is 0. The molecule has 0 atom stereocenters. The van der Waals surface area contributed by atoms with Crippen LogP contribution in [-0.4, -0.2) is 12.1 Å². The van der Waals surface area contributed by atoms with Crippen LogP contribution in [0.15, 0.2) is 12.0 Å². The molecule has 4 heteroatoms. The average molecular weight is 100 g/mol. The maximum Gasteiger partial charge on any atom is 0.130 e. The normalized spacial score (nSPS) is 19.0. The molecule has 0 radical (unpaired) electrons. The highest BCUT2D eigenvalue weighted by Crippen LogP contribution is 1.85. The van der Waals surface area contributed by atoms with E-state index in [0.29, 0.717) is 5.82 Å². The largest absolute Gasteiger partial charge is 0.383 e. The fourth-order valence-corrected chi connectivity index (χ4v) is 0.426. The second-order valence-corrected chi connectivity index (χ2v) is 1.43. The minimum absolute atomic E-state index is 0.641. The summed E-state index contributed by atoms with van der Waals surface area (Å²) in [5, 5.41) is 1.73. The minimum Gasteiger partial charge on any atom is -0.383 e. The summed E-state index contributed by atoms with van der Waals surface area (Å²) in [7, 11) is 1.85. The molecule has 0 aromatic carbocycles. The van der Waals surface area contributed by atoms with Crippen LogP contribution in [0.5, 0.6) is 0 Å². The monoisotopic (exact) mass is 100 g/mol. The van der Waals surface area contributed by atoms with E-state index in [1.54, 1.807) is 11.2 Å². The zero-order valence-corrected chi connectivity index (χ0v) is 4.10. The number of hydrazine groups is 2. The van der Waals surface area contributed by atoms with Gasteiger partial charge in [0.15, 0.2) is 0 Å². The van der Waals surface area contributed by atoms with Crippen LogP contribution in [0.4, 0.5) is 0 Å². The molecule has 4 N–H and O–H groups in total. The third-order valence-electron chi connectivity index (χ3n) is 0.709. The van der Waals surface area contributed by atoms with Gasteiger partial charge in [0.25, 0.3) is 0 Å².